The number of anilines is 1. The fourth-order valence-electron chi connectivity index (χ4n) is 1.54. The molecule has 2 nitrogen and oxygen atoms in total. The average molecular weight is 357 g/mol. The van der Waals surface area contributed by atoms with Crippen LogP contribution in [0, 0.1) is 0 Å². The van der Waals surface area contributed by atoms with Gasteiger partial charge in [0, 0.05) is 20.6 Å². The number of hydrogen-bond acceptors (Lipinski definition) is 2. The van der Waals surface area contributed by atoms with Gasteiger partial charge >= 0.3 is 0 Å². The molecule has 0 aromatic heterocycles. The second-order valence-electron chi connectivity index (χ2n) is 3.81. The standard InChI is InChI=1S/C14H11BrClNOS/c1-19-11-4-2-3-10(8-11)17-14(18)9-5-6-13(16)12(15)7-9/h2-8H,1H3,(H,17,18). The molecule has 0 saturated carbocycles. The second-order valence-corrected chi connectivity index (χ2v) is 5.96. The van der Waals surface area contributed by atoms with Crippen molar-refractivity contribution in [2.24, 2.45) is 0 Å². The molecule has 2 aromatic rings. The third-order valence-electron chi connectivity index (χ3n) is 2.51. The summed E-state index contributed by atoms with van der Waals surface area (Å²) in [6, 6.07) is 12.8. The first-order chi connectivity index (χ1) is 9.10. The van der Waals surface area contributed by atoms with Crippen molar-refractivity contribution in [2.75, 3.05) is 11.6 Å². The molecule has 0 spiro atoms. The van der Waals surface area contributed by atoms with E-state index in [0.717, 1.165) is 10.6 Å². The highest BCUT2D eigenvalue weighted by Gasteiger charge is 2.08. The third kappa shape index (κ3) is 3.75. The van der Waals surface area contributed by atoms with Gasteiger partial charge in [-0.1, -0.05) is 17.7 Å². The van der Waals surface area contributed by atoms with Gasteiger partial charge in [0.05, 0.1) is 5.02 Å². The van der Waals surface area contributed by atoms with Crippen molar-refractivity contribution in [3.63, 3.8) is 0 Å². The number of carbonyl (C=O) groups excluding carboxylic acids is 1. The monoisotopic (exact) mass is 355 g/mol. The SMILES string of the molecule is CSc1cccc(NC(=O)c2ccc(Cl)c(Br)c2)c1. The molecule has 0 aliphatic rings. The topological polar surface area (TPSA) is 29.1 Å². The maximum atomic E-state index is 12.1. The van der Waals surface area contributed by atoms with E-state index in [1.54, 1.807) is 30.0 Å². The normalized spacial score (nSPS) is 10.3. The van der Waals surface area contributed by atoms with Crippen molar-refractivity contribution in [2.45, 2.75) is 4.90 Å². The van der Waals surface area contributed by atoms with Crippen molar-refractivity contribution in [3.8, 4) is 0 Å². The van der Waals surface area contributed by atoms with Crippen LogP contribution < -0.4 is 5.32 Å². The molecular formula is C14H11BrClNOS. The van der Waals surface area contributed by atoms with Gasteiger partial charge in [-0.05, 0) is 58.6 Å². The molecule has 2 aromatic carbocycles. The molecule has 98 valence electrons. The van der Waals surface area contributed by atoms with Crippen LogP contribution in [0.15, 0.2) is 51.8 Å². The minimum Gasteiger partial charge on any atom is -0.322 e. The van der Waals surface area contributed by atoms with E-state index in [-0.39, 0.29) is 5.91 Å². The Morgan fingerprint density at radius 3 is 2.74 bits per heavy atom. The molecular weight excluding hydrogens is 346 g/mol. The molecule has 0 atom stereocenters. The van der Waals surface area contributed by atoms with Gasteiger partial charge in [-0.2, -0.15) is 0 Å². The lowest BCUT2D eigenvalue weighted by molar-refractivity contribution is 0.102. The van der Waals surface area contributed by atoms with E-state index in [4.69, 9.17) is 11.6 Å². The third-order valence-corrected chi connectivity index (χ3v) is 4.45. The Kier molecular flexibility index (Phi) is 4.91. The number of halogens is 2. The molecule has 5 heteroatoms. The molecule has 19 heavy (non-hydrogen) atoms. The van der Waals surface area contributed by atoms with E-state index in [1.807, 2.05) is 30.5 Å². The quantitative estimate of drug-likeness (QED) is 0.777. The molecule has 2 rings (SSSR count). The molecule has 1 amide bonds. The second kappa shape index (κ2) is 6.46. The Morgan fingerprint density at radius 1 is 1.26 bits per heavy atom. The van der Waals surface area contributed by atoms with Crippen LogP contribution in [-0.2, 0) is 0 Å². The van der Waals surface area contributed by atoms with Crippen LogP contribution in [0.25, 0.3) is 0 Å². The summed E-state index contributed by atoms with van der Waals surface area (Å²) in [6.45, 7) is 0. The first-order valence-electron chi connectivity index (χ1n) is 5.50. The molecule has 0 saturated heterocycles. The minimum absolute atomic E-state index is 0.157. The van der Waals surface area contributed by atoms with Crippen molar-refractivity contribution >= 4 is 50.9 Å². The van der Waals surface area contributed by atoms with Crippen LogP contribution >= 0.6 is 39.3 Å². The Labute approximate surface area is 129 Å². The van der Waals surface area contributed by atoms with Crippen molar-refractivity contribution in [3.05, 3.63) is 57.5 Å². The molecule has 0 aliphatic heterocycles. The van der Waals surface area contributed by atoms with Crippen molar-refractivity contribution in [1.82, 2.24) is 0 Å². The predicted molar refractivity (Wildman–Crippen MR) is 85.3 cm³/mol. The lowest BCUT2D eigenvalue weighted by atomic mass is 10.2. The number of nitrogens with one attached hydrogen (secondary N) is 1. The van der Waals surface area contributed by atoms with Gasteiger partial charge in [0.25, 0.3) is 5.91 Å². The average Bonchev–Trinajstić information content (AvgIpc) is 2.42. The molecule has 1 N–H and O–H groups in total. The van der Waals surface area contributed by atoms with Crippen LogP contribution in [0.4, 0.5) is 5.69 Å². The van der Waals surface area contributed by atoms with E-state index in [0.29, 0.717) is 15.1 Å². The highest BCUT2D eigenvalue weighted by atomic mass is 79.9. The van der Waals surface area contributed by atoms with Gasteiger partial charge in [-0.25, -0.2) is 0 Å². The lowest BCUT2D eigenvalue weighted by Crippen LogP contribution is -2.11. The number of hydrogen-bond donors (Lipinski definition) is 1. The summed E-state index contributed by atoms with van der Waals surface area (Å²) in [4.78, 5) is 13.2. The Balaban J connectivity index is 2.18. The molecule has 0 radical (unpaired) electrons. The minimum atomic E-state index is -0.157. The molecule has 0 aliphatic carbocycles. The summed E-state index contributed by atoms with van der Waals surface area (Å²) in [7, 11) is 0. The Bertz CT molecular complexity index is 618. The van der Waals surface area contributed by atoms with Gasteiger partial charge in [-0.15, -0.1) is 11.8 Å². The van der Waals surface area contributed by atoms with Crippen LogP contribution in [-0.4, -0.2) is 12.2 Å². The smallest absolute Gasteiger partial charge is 0.255 e. The highest BCUT2D eigenvalue weighted by Crippen LogP contribution is 2.24. The summed E-state index contributed by atoms with van der Waals surface area (Å²) in [5.41, 5.74) is 1.34. The fraction of sp³-hybridized carbons (Fsp3) is 0.0714. The van der Waals surface area contributed by atoms with Gasteiger partial charge < -0.3 is 5.32 Å². The van der Waals surface area contributed by atoms with Gasteiger partial charge in [-0.3, -0.25) is 4.79 Å². The van der Waals surface area contributed by atoms with Gasteiger partial charge in [0.15, 0.2) is 0 Å². The summed E-state index contributed by atoms with van der Waals surface area (Å²) in [5, 5.41) is 3.45. The zero-order chi connectivity index (χ0) is 13.8. The summed E-state index contributed by atoms with van der Waals surface area (Å²) < 4.78 is 0.708. The molecule has 0 bridgehead atoms. The zero-order valence-electron chi connectivity index (χ0n) is 10.1. The number of amides is 1. The lowest BCUT2D eigenvalue weighted by Gasteiger charge is -2.07. The van der Waals surface area contributed by atoms with Crippen molar-refractivity contribution in [1.29, 1.82) is 0 Å². The molecule has 0 heterocycles. The molecule has 0 unspecified atom stereocenters. The number of rotatable bonds is 3. The van der Waals surface area contributed by atoms with Crippen LogP contribution in [0.3, 0.4) is 0 Å². The molecule has 0 fully saturated rings. The first kappa shape index (κ1) is 14.4. The van der Waals surface area contributed by atoms with E-state index >= 15 is 0 Å². The fourth-order valence-corrected chi connectivity index (χ4v) is 2.50. The van der Waals surface area contributed by atoms with E-state index in [2.05, 4.69) is 21.2 Å². The highest BCUT2D eigenvalue weighted by molar-refractivity contribution is 9.10. The maximum Gasteiger partial charge on any atom is 0.255 e. The Hall–Kier alpha value is -0.970. The van der Waals surface area contributed by atoms with Crippen LogP contribution in [0.2, 0.25) is 5.02 Å². The van der Waals surface area contributed by atoms with Crippen LogP contribution in [0.1, 0.15) is 10.4 Å². The van der Waals surface area contributed by atoms with Gasteiger partial charge in [0.2, 0.25) is 0 Å². The summed E-state index contributed by atoms with van der Waals surface area (Å²) >= 11 is 10.8. The van der Waals surface area contributed by atoms with Gasteiger partial charge in [0.1, 0.15) is 0 Å². The van der Waals surface area contributed by atoms with E-state index in [1.165, 1.54) is 0 Å². The number of benzene rings is 2. The largest absolute Gasteiger partial charge is 0.322 e. The zero-order valence-corrected chi connectivity index (χ0v) is 13.3. The van der Waals surface area contributed by atoms with E-state index in [9.17, 15) is 4.79 Å². The summed E-state index contributed by atoms with van der Waals surface area (Å²) in [6.07, 6.45) is 2.00. The summed E-state index contributed by atoms with van der Waals surface area (Å²) in [5.74, 6) is -0.157. The predicted octanol–water partition coefficient (Wildman–Crippen LogP) is 5.08. The Morgan fingerprint density at radius 2 is 2.05 bits per heavy atom. The van der Waals surface area contributed by atoms with E-state index < -0.39 is 0 Å². The van der Waals surface area contributed by atoms with Crippen LogP contribution in [0.5, 0.6) is 0 Å². The maximum absolute atomic E-state index is 12.1. The van der Waals surface area contributed by atoms with Crippen molar-refractivity contribution < 1.29 is 4.79 Å². The number of thioether (sulfide) groups is 1. The number of carbonyl (C=O) groups is 1. The first-order valence-corrected chi connectivity index (χ1v) is 7.90.